The highest BCUT2D eigenvalue weighted by Gasteiger charge is 2.16. The van der Waals surface area contributed by atoms with E-state index in [1.165, 1.54) is 0 Å². The summed E-state index contributed by atoms with van der Waals surface area (Å²) in [5.74, 6) is 0.294. The van der Waals surface area contributed by atoms with Crippen molar-refractivity contribution in [3.05, 3.63) is 0 Å². The molecule has 1 unspecified atom stereocenters. The van der Waals surface area contributed by atoms with E-state index < -0.39 is 0 Å². The summed E-state index contributed by atoms with van der Waals surface area (Å²) in [6.45, 7) is 5.66. The van der Waals surface area contributed by atoms with Gasteiger partial charge in [0.1, 0.15) is 5.84 Å². The largest absolute Gasteiger partial charge is 0.409 e. The Labute approximate surface area is 84.5 Å². The number of ether oxygens (including phenoxy) is 1. The molecule has 0 aromatic carbocycles. The standard InChI is InChI=1S/C9H19N3O2/c1-8(7-9(10)11-13)12-3-2-5-14-6-4-12/h8,13H,2-7H2,1H3,(H2,10,11). The first-order valence-electron chi connectivity index (χ1n) is 5.02. The number of amidine groups is 1. The molecule has 1 aliphatic heterocycles. The van der Waals surface area contributed by atoms with Crippen LogP contribution >= 0.6 is 0 Å². The van der Waals surface area contributed by atoms with E-state index in [0.29, 0.717) is 18.3 Å². The van der Waals surface area contributed by atoms with Crippen LogP contribution < -0.4 is 5.73 Å². The lowest BCUT2D eigenvalue weighted by atomic mass is 10.2. The van der Waals surface area contributed by atoms with Crippen molar-refractivity contribution in [3.8, 4) is 0 Å². The third kappa shape index (κ3) is 3.51. The fraction of sp³-hybridized carbons (Fsp3) is 0.889. The van der Waals surface area contributed by atoms with Gasteiger partial charge in [0.25, 0.3) is 0 Å². The van der Waals surface area contributed by atoms with Crippen molar-refractivity contribution in [1.82, 2.24) is 4.90 Å². The molecule has 5 heteroatoms. The SMILES string of the molecule is CC(C/C(N)=N/O)N1CCCOCC1. The Kier molecular flexibility index (Phi) is 4.69. The zero-order valence-corrected chi connectivity index (χ0v) is 8.65. The van der Waals surface area contributed by atoms with E-state index in [-0.39, 0.29) is 0 Å². The molecule has 0 bridgehead atoms. The van der Waals surface area contributed by atoms with Crippen molar-refractivity contribution < 1.29 is 9.94 Å². The Bertz CT molecular complexity index is 188. The van der Waals surface area contributed by atoms with Crippen LogP contribution in [0.5, 0.6) is 0 Å². The maximum Gasteiger partial charge on any atom is 0.140 e. The molecule has 1 aliphatic rings. The van der Waals surface area contributed by atoms with E-state index in [0.717, 1.165) is 32.7 Å². The smallest absolute Gasteiger partial charge is 0.140 e. The molecule has 5 nitrogen and oxygen atoms in total. The number of rotatable bonds is 3. The predicted molar refractivity (Wildman–Crippen MR) is 54.5 cm³/mol. The van der Waals surface area contributed by atoms with Crippen molar-refractivity contribution in [1.29, 1.82) is 0 Å². The van der Waals surface area contributed by atoms with Gasteiger partial charge in [0.2, 0.25) is 0 Å². The molecule has 1 saturated heterocycles. The van der Waals surface area contributed by atoms with E-state index in [1.807, 2.05) is 0 Å². The molecule has 1 atom stereocenters. The highest BCUT2D eigenvalue weighted by atomic mass is 16.5. The van der Waals surface area contributed by atoms with Gasteiger partial charge in [-0.1, -0.05) is 5.16 Å². The molecule has 14 heavy (non-hydrogen) atoms. The minimum atomic E-state index is 0.294. The summed E-state index contributed by atoms with van der Waals surface area (Å²) in [6, 6.07) is 0.313. The summed E-state index contributed by atoms with van der Waals surface area (Å²) in [5.41, 5.74) is 5.46. The van der Waals surface area contributed by atoms with E-state index in [1.54, 1.807) is 0 Å². The molecule has 0 aromatic heterocycles. The predicted octanol–water partition coefficient (Wildman–Crippen LogP) is 0.234. The molecule has 0 aromatic rings. The number of oxime groups is 1. The lowest BCUT2D eigenvalue weighted by Crippen LogP contribution is -2.37. The Balaban J connectivity index is 2.37. The van der Waals surface area contributed by atoms with E-state index in [2.05, 4.69) is 17.0 Å². The van der Waals surface area contributed by atoms with Gasteiger partial charge in [0.05, 0.1) is 6.61 Å². The first kappa shape index (κ1) is 11.3. The van der Waals surface area contributed by atoms with Crippen LogP contribution in [-0.4, -0.2) is 48.3 Å². The number of hydrogen-bond donors (Lipinski definition) is 2. The molecule has 0 spiro atoms. The summed E-state index contributed by atoms with van der Waals surface area (Å²) >= 11 is 0. The molecule has 0 radical (unpaired) electrons. The fourth-order valence-corrected chi connectivity index (χ4v) is 1.68. The van der Waals surface area contributed by atoms with Gasteiger partial charge in [-0.25, -0.2) is 0 Å². The van der Waals surface area contributed by atoms with E-state index >= 15 is 0 Å². The van der Waals surface area contributed by atoms with Gasteiger partial charge in [-0.05, 0) is 13.3 Å². The maximum absolute atomic E-state index is 8.46. The van der Waals surface area contributed by atoms with Crippen LogP contribution in [0.3, 0.4) is 0 Å². The Morgan fingerprint density at radius 2 is 2.36 bits per heavy atom. The molecular formula is C9H19N3O2. The van der Waals surface area contributed by atoms with Crippen molar-refractivity contribution in [3.63, 3.8) is 0 Å². The van der Waals surface area contributed by atoms with Gasteiger partial charge < -0.3 is 15.7 Å². The minimum absolute atomic E-state index is 0.294. The van der Waals surface area contributed by atoms with Crippen LogP contribution in [0.4, 0.5) is 0 Å². The molecule has 82 valence electrons. The highest BCUT2D eigenvalue weighted by Crippen LogP contribution is 2.07. The lowest BCUT2D eigenvalue weighted by Gasteiger charge is -2.26. The van der Waals surface area contributed by atoms with Gasteiger partial charge in [-0.2, -0.15) is 0 Å². The molecule has 0 amide bonds. The van der Waals surface area contributed by atoms with Crippen molar-refractivity contribution in [2.24, 2.45) is 10.9 Å². The highest BCUT2D eigenvalue weighted by molar-refractivity contribution is 5.80. The average Bonchev–Trinajstić information content (AvgIpc) is 2.45. The number of hydrogen-bond acceptors (Lipinski definition) is 4. The quantitative estimate of drug-likeness (QED) is 0.297. The van der Waals surface area contributed by atoms with E-state index in [4.69, 9.17) is 15.7 Å². The van der Waals surface area contributed by atoms with Gasteiger partial charge in [0, 0.05) is 32.2 Å². The summed E-state index contributed by atoms with van der Waals surface area (Å²) in [5, 5.41) is 11.4. The molecular weight excluding hydrogens is 182 g/mol. The van der Waals surface area contributed by atoms with Crippen LogP contribution in [0.25, 0.3) is 0 Å². The summed E-state index contributed by atoms with van der Waals surface area (Å²) < 4.78 is 5.35. The molecule has 1 heterocycles. The van der Waals surface area contributed by atoms with Crippen LogP contribution in [0, 0.1) is 0 Å². The Morgan fingerprint density at radius 1 is 1.57 bits per heavy atom. The van der Waals surface area contributed by atoms with Gasteiger partial charge >= 0.3 is 0 Å². The second kappa shape index (κ2) is 5.82. The molecule has 1 rings (SSSR count). The topological polar surface area (TPSA) is 71.1 Å². The first-order valence-corrected chi connectivity index (χ1v) is 5.02. The zero-order chi connectivity index (χ0) is 10.4. The summed E-state index contributed by atoms with van der Waals surface area (Å²) in [6.07, 6.45) is 1.66. The van der Waals surface area contributed by atoms with Crippen LogP contribution in [0.2, 0.25) is 0 Å². The van der Waals surface area contributed by atoms with Crippen LogP contribution in [0.1, 0.15) is 19.8 Å². The minimum Gasteiger partial charge on any atom is -0.409 e. The Hall–Kier alpha value is -0.810. The van der Waals surface area contributed by atoms with Crippen molar-refractivity contribution in [2.45, 2.75) is 25.8 Å². The first-order chi connectivity index (χ1) is 6.74. The monoisotopic (exact) mass is 201 g/mol. The third-order valence-corrected chi connectivity index (χ3v) is 2.51. The third-order valence-electron chi connectivity index (χ3n) is 2.51. The molecule has 0 aliphatic carbocycles. The normalized spacial score (nSPS) is 23.1. The number of nitrogens with zero attached hydrogens (tertiary/aromatic N) is 2. The second-order valence-electron chi connectivity index (χ2n) is 3.65. The average molecular weight is 201 g/mol. The zero-order valence-electron chi connectivity index (χ0n) is 8.65. The van der Waals surface area contributed by atoms with Gasteiger partial charge in [-0.3, -0.25) is 4.90 Å². The molecule has 1 fully saturated rings. The van der Waals surface area contributed by atoms with Crippen LogP contribution in [-0.2, 0) is 4.74 Å². The summed E-state index contributed by atoms with van der Waals surface area (Å²) in [7, 11) is 0. The summed E-state index contributed by atoms with van der Waals surface area (Å²) in [4.78, 5) is 2.31. The van der Waals surface area contributed by atoms with Gasteiger partial charge in [0.15, 0.2) is 0 Å². The Morgan fingerprint density at radius 3 is 3.07 bits per heavy atom. The van der Waals surface area contributed by atoms with Crippen LogP contribution in [0.15, 0.2) is 5.16 Å². The second-order valence-corrected chi connectivity index (χ2v) is 3.65. The van der Waals surface area contributed by atoms with Crippen molar-refractivity contribution >= 4 is 5.84 Å². The van der Waals surface area contributed by atoms with Crippen molar-refractivity contribution in [2.75, 3.05) is 26.3 Å². The lowest BCUT2D eigenvalue weighted by molar-refractivity contribution is 0.134. The molecule has 3 N–H and O–H groups in total. The van der Waals surface area contributed by atoms with Gasteiger partial charge in [-0.15, -0.1) is 0 Å². The fourth-order valence-electron chi connectivity index (χ4n) is 1.68. The van der Waals surface area contributed by atoms with E-state index in [9.17, 15) is 0 Å². The maximum atomic E-state index is 8.46. The molecule has 0 saturated carbocycles. The number of nitrogens with two attached hydrogens (primary N) is 1.